The van der Waals surface area contributed by atoms with Crippen molar-refractivity contribution in [2.24, 2.45) is 0 Å². The molecule has 1 heterocycles. The molecule has 0 radical (unpaired) electrons. The van der Waals surface area contributed by atoms with Crippen LogP contribution in [0.3, 0.4) is 0 Å². The Morgan fingerprint density at radius 1 is 1.13 bits per heavy atom. The van der Waals surface area contributed by atoms with Crippen molar-refractivity contribution in [2.45, 2.75) is 12.8 Å². The van der Waals surface area contributed by atoms with Gasteiger partial charge >= 0.3 is 0 Å². The van der Waals surface area contributed by atoms with E-state index in [4.69, 9.17) is 0 Å². The summed E-state index contributed by atoms with van der Waals surface area (Å²) < 4.78 is 13.1. The number of benzene rings is 2. The zero-order valence-corrected chi connectivity index (χ0v) is 14.3. The number of hydrogen-bond donors (Lipinski definition) is 0. The molecule has 1 saturated heterocycles. The monoisotopic (exact) mass is 327 g/mol. The third kappa shape index (κ3) is 3.78. The van der Waals surface area contributed by atoms with Gasteiger partial charge in [-0.05, 0) is 41.0 Å². The molecule has 1 nitrogen and oxygen atoms in total. The molecule has 2 aromatic rings. The maximum absolute atomic E-state index is 13.1. The number of rotatable bonds is 4. The van der Waals surface area contributed by atoms with Crippen LogP contribution in [0, 0.1) is 5.82 Å². The van der Waals surface area contributed by atoms with Gasteiger partial charge in [-0.15, -0.1) is 0 Å². The minimum atomic E-state index is -0.209. The van der Waals surface area contributed by atoms with Gasteiger partial charge < -0.3 is 4.90 Å². The van der Waals surface area contributed by atoms with E-state index in [2.05, 4.69) is 42.7 Å². The molecule has 23 heavy (non-hydrogen) atoms. The molecule has 0 bridgehead atoms. The van der Waals surface area contributed by atoms with E-state index in [-0.39, 0.29) is 11.7 Å². The third-order valence-corrected chi connectivity index (χ3v) is 5.43. The molecule has 0 unspecified atom stereocenters. The van der Waals surface area contributed by atoms with E-state index in [1.807, 2.05) is 11.8 Å². The van der Waals surface area contributed by atoms with Crippen LogP contribution < -0.4 is 4.90 Å². The number of halogens is 1. The molecule has 1 atom stereocenters. The number of thioether (sulfide) groups is 1. The van der Waals surface area contributed by atoms with Crippen molar-refractivity contribution >= 4 is 23.0 Å². The smallest absolute Gasteiger partial charge is 0.123 e. The lowest BCUT2D eigenvalue weighted by atomic mass is 9.89. The highest BCUT2D eigenvalue weighted by Crippen LogP contribution is 2.32. The van der Waals surface area contributed by atoms with Gasteiger partial charge in [0.25, 0.3) is 0 Å². The summed E-state index contributed by atoms with van der Waals surface area (Å²) >= 11 is 2.02. The van der Waals surface area contributed by atoms with Gasteiger partial charge in [0.1, 0.15) is 5.82 Å². The van der Waals surface area contributed by atoms with Gasteiger partial charge in [-0.1, -0.05) is 37.8 Å². The highest BCUT2D eigenvalue weighted by molar-refractivity contribution is 7.99. The number of allylic oxidation sites excluding steroid dienone is 1. The average molecular weight is 327 g/mol. The Kier molecular flexibility index (Phi) is 5.06. The van der Waals surface area contributed by atoms with Gasteiger partial charge in [0.15, 0.2) is 0 Å². The minimum absolute atomic E-state index is 0.208. The van der Waals surface area contributed by atoms with Crippen LogP contribution in [-0.4, -0.2) is 24.6 Å². The third-order valence-electron chi connectivity index (χ3n) is 4.48. The molecule has 120 valence electrons. The average Bonchev–Trinajstić information content (AvgIpc) is 2.62. The molecule has 0 saturated carbocycles. The van der Waals surface area contributed by atoms with Crippen LogP contribution in [0.15, 0.2) is 55.1 Å². The van der Waals surface area contributed by atoms with Crippen molar-refractivity contribution in [1.82, 2.24) is 0 Å². The fraction of sp³-hybridized carbons (Fsp3) is 0.300. The second-order valence-electron chi connectivity index (χ2n) is 5.95. The van der Waals surface area contributed by atoms with E-state index >= 15 is 0 Å². The van der Waals surface area contributed by atoms with Crippen LogP contribution in [0.4, 0.5) is 10.1 Å². The van der Waals surface area contributed by atoms with Crippen LogP contribution in [-0.2, 0) is 0 Å². The van der Waals surface area contributed by atoms with Crippen LogP contribution >= 0.6 is 11.8 Å². The minimum Gasteiger partial charge on any atom is -0.370 e. The normalized spacial score (nSPS) is 16.2. The van der Waals surface area contributed by atoms with Gasteiger partial charge in [-0.3, -0.25) is 0 Å². The van der Waals surface area contributed by atoms with Crippen molar-refractivity contribution in [2.75, 3.05) is 29.5 Å². The summed E-state index contributed by atoms with van der Waals surface area (Å²) in [5.41, 5.74) is 4.58. The Morgan fingerprint density at radius 3 is 2.52 bits per heavy atom. The summed E-state index contributed by atoms with van der Waals surface area (Å²) in [5.74, 6) is 2.39. The van der Waals surface area contributed by atoms with Crippen molar-refractivity contribution in [3.63, 3.8) is 0 Å². The molecule has 1 aliphatic rings. The maximum Gasteiger partial charge on any atom is 0.123 e. The number of nitrogens with zero attached hydrogens (tertiary/aromatic N) is 1. The Bertz CT molecular complexity index is 674. The first-order valence-electron chi connectivity index (χ1n) is 8.02. The Hall–Kier alpha value is -1.74. The first kappa shape index (κ1) is 16.1. The quantitative estimate of drug-likeness (QED) is 0.760. The Labute approximate surface area is 142 Å². The molecule has 1 fully saturated rings. The Morgan fingerprint density at radius 2 is 1.83 bits per heavy atom. The summed E-state index contributed by atoms with van der Waals surface area (Å²) in [6.07, 6.45) is 0. The SMILES string of the molecule is C=C(c1ccc(F)cc1)[C@H](C)c1cccc(N2CCSCC2)c1. The molecule has 0 aliphatic carbocycles. The maximum atomic E-state index is 13.1. The molecule has 0 N–H and O–H groups in total. The highest BCUT2D eigenvalue weighted by Gasteiger charge is 2.15. The molecule has 0 amide bonds. The van der Waals surface area contributed by atoms with Gasteiger partial charge in [0.2, 0.25) is 0 Å². The molecule has 0 spiro atoms. The predicted molar refractivity (Wildman–Crippen MR) is 99.8 cm³/mol. The second kappa shape index (κ2) is 7.22. The zero-order chi connectivity index (χ0) is 16.2. The summed E-state index contributed by atoms with van der Waals surface area (Å²) in [6, 6.07) is 15.3. The molecule has 2 aromatic carbocycles. The fourth-order valence-electron chi connectivity index (χ4n) is 2.93. The Balaban J connectivity index is 1.80. The molecule has 0 aromatic heterocycles. The van der Waals surface area contributed by atoms with Crippen molar-refractivity contribution in [3.05, 3.63) is 72.1 Å². The summed E-state index contributed by atoms with van der Waals surface area (Å²) in [5, 5.41) is 0. The summed E-state index contributed by atoms with van der Waals surface area (Å²) in [4.78, 5) is 2.45. The lowest BCUT2D eigenvalue weighted by molar-refractivity contribution is 0.627. The molecular formula is C20H22FNS. The largest absolute Gasteiger partial charge is 0.370 e. The van der Waals surface area contributed by atoms with Crippen molar-refractivity contribution in [3.8, 4) is 0 Å². The lowest BCUT2D eigenvalue weighted by Gasteiger charge is -2.29. The number of anilines is 1. The van der Waals surface area contributed by atoms with Crippen LogP contribution in [0.25, 0.3) is 5.57 Å². The number of hydrogen-bond acceptors (Lipinski definition) is 2. The van der Waals surface area contributed by atoms with E-state index in [9.17, 15) is 4.39 Å². The van der Waals surface area contributed by atoms with E-state index in [0.717, 1.165) is 24.2 Å². The van der Waals surface area contributed by atoms with E-state index < -0.39 is 0 Å². The van der Waals surface area contributed by atoms with E-state index in [0.29, 0.717) is 0 Å². The fourth-order valence-corrected chi connectivity index (χ4v) is 3.83. The lowest BCUT2D eigenvalue weighted by Crippen LogP contribution is -2.32. The molecule has 1 aliphatic heterocycles. The van der Waals surface area contributed by atoms with Crippen molar-refractivity contribution < 1.29 is 4.39 Å². The first-order chi connectivity index (χ1) is 11.1. The van der Waals surface area contributed by atoms with Gasteiger partial charge in [-0.25, -0.2) is 4.39 Å². The van der Waals surface area contributed by atoms with Crippen molar-refractivity contribution in [1.29, 1.82) is 0 Å². The highest BCUT2D eigenvalue weighted by atomic mass is 32.2. The zero-order valence-electron chi connectivity index (χ0n) is 13.5. The van der Waals surface area contributed by atoms with Crippen LogP contribution in [0.1, 0.15) is 24.0 Å². The van der Waals surface area contributed by atoms with E-state index in [1.54, 1.807) is 12.1 Å². The molecular weight excluding hydrogens is 305 g/mol. The van der Waals surface area contributed by atoms with Crippen LogP contribution in [0.5, 0.6) is 0 Å². The molecule has 3 heteroatoms. The van der Waals surface area contributed by atoms with Gasteiger partial charge in [0.05, 0.1) is 0 Å². The van der Waals surface area contributed by atoms with Gasteiger partial charge in [-0.2, -0.15) is 11.8 Å². The van der Waals surface area contributed by atoms with Gasteiger partial charge in [0, 0.05) is 36.2 Å². The first-order valence-corrected chi connectivity index (χ1v) is 9.18. The summed E-state index contributed by atoms with van der Waals surface area (Å²) in [7, 11) is 0. The standard InChI is InChI=1S/C20H22FNS/c1-15(17-6-8-19(21)9-7-17)16(2)18-4-3-5-20(14-18)22-10-12-23-13-11-22/h3-9,14,16H,1,10-13H2,2H3/t16-/m0/s1. The topological polar surface area (TPSA) is 3.24 Å². The molecule has 3 rings (SSSR count). The second-order valence-corrected chi connectivity index (χ2v) is 7.17. The summed E-state index contributed by atoms with van der Waals surface area (Å²) in [6.45, 7) is 8.62. The van der Waals surface area contributed by atoms with E-state index in [1.165, 1.54) is 34.9 Å². The van der Waals surface area contributed by atoms with Crippen LogP contribution in [0.2, 0.25) is 0 Å². The predicted octanol–water partition coefficient (Wildman–Crippen LogP) is 5.20.